The van der Waals surface area contributed by atoms with Crippen LogP contribution in [0, 0.1) is 12.1 Å². The fraction of sp³-hybridized carbons (Fsp3) is 0.444. The zero-order valence-electron chi connectivity index (χ0n) is 7.29. The van der Waals surface area contributed by atoms with Crippen molar-refractivity contribution >= 4 is 23.4 Å². The van der Waals surface area contributed by atoms with E-state index in [1.807, 2.05) is 6.92 Å². The molecule has 0 saturated carbocycles. The Kier molecular flexibility index (Phi) is 2.39. The third-order valence-corrected chi connectivity index (χ3v) is 3.95. The van der Waals surface area contributed by atoms with Crippen molar-refractivity contribution in [2.24, 2.45) is 0 Å². The maximum Gasteiger partial charge on any atom is 0.207 e. The minimum Gasteiger partial charge on any atom is -0.618 e. The summed E-state index contributed by atoms with van der Waals surface area (Å²) in [4.78, 5) is 1.10. The molecule has 0 spiro atoms. The monoisotopic (exact) mass is 215 g/mol. The molecule has 70 valence electrons. The number of thioether (sulfide) groups is 1. The maximum atomic E-state index is 11.5. The normalized spacial score (nSPS) is 20.3. The number of hydrogen-bond donors (Lipinski definition) is 0. The Balaban J connectivity index is 2.40. The molecule has 0 saturated heterocycles. The molecule has 0 amide bonds. The largest absolute Gasteiger partial charge is 0.618 e. The first-order valence-electron chi connectivity index (χ1n) is 4.16. The second kappa shape index (κ2) is 3.39. The number of pyridine rings is 1. The molecule has 2 heterocycles. The summed E-state index contributed by atoms with van der Waals surface area (Å²) in [5, 5.41) is 11.8. The Labute approximate surface area is 86.5 Å². The summed E-state index contributed by atoms with van der Waals surface area (Å²) in [5.41, 5.74) is 1.89. The van der Waals surface area contributed by atoms with Gasteiger partial charge in [0.05, 0.1) is 4.90 Å². The third-order valence-electron chi connectivity index (χ3n) is 2.12. The van der Waals surface area contributed by atoms with E-state index in [1.165, 1.54) is 0 Å². The van der Waals surface area contributed by atoms with Gasteiger partial charge in [-0.15, -0.1) is 23.4 Å². The van der Waals surface area contributed by atoms with E-state index in [9.17, 15) is 5.21 Å². The Morgan fingerprint density at radius 2 is 2.54 bits per heavy atom. The lowest BCUT2D eigenvalue weighted by Crippen LogP contribution is -2.32. The van der Waals surface area contributed by atoms with Gasteiger partial charge in [-0.1, -0.05) is 0 Å². The van der Waals surface area contributed by atoms with Crippen LogP contribution in [0.2, 0.25) is 0 Å². The smallest absolute Gasteiger partial charge is 0.207 e. The summed E-state index contributed by atoms with van der Waals surface area (Å²) in [7, 11) is 0. The molecular weight excluding hydrogens is 206 g/mol. The molecule has 1 aromatic rings. The van der Waals surface area contributed by atoms with E-state index in [0.717, 1.165) is 27.3 Å². The fourth-order valence-electron chi connectivity index (χ4n) is 1.51. The van der Waals surface area contributed by atoms with E-state index < -0.39 is 0 Å². The topological polar surface area (TPSA) is 26.9 Å². The molecule has 0 N–H and O–H groups in total. The van der Waals surface area contributed by atoms with Crippen LogP contribution in [0.1, 0.15) is 11.3 Å². The number of fused-ring (bicyclic) bond motifs is 1. The zero-order chi connectivity index (χ0) is 9.42. The minimum atomic E-state index is 0.374. The van der Waals surface area contributed by atoms with Crippen molar-refractivity contribution in [3.63, 3.8) is 0 Å². The predicted molar refractivity (Wildman–Crippen MR) is 54.2 cm³/mol. The van der Waals surface area contributed by atoms with E-state index in [0.29, 0.717) is 11.1 Å². The van der Waals surface area contributed by atoms with Gasteiger partial charge in [-0.3, -0.25) is 0 Å². The van der Waals surface area contributed by atoms with Crippen molar-refractivity contribution in [2.75, 3.05) is 5.88 Å². The average molecular weight is 216 g/mol. The number of hydrogen-bond acceptors (Lipinski definition) is 2. The van der Waals surface area contributed by atoms with Crippen LogP contribution in [-0.4, -0.2) is 11.1 Å². The van der Waals surface area contributed by atoms with E-state index in [-0.39, 0.29) is 0 Å². The summed E-state index contributed by atoms with van der Waals surface area (Å²) < 4.78 is 0.976. The van der Waals surface area contributed by atoms with E-state index in [4.69, 9.17) is 11.6 Å². The number of nitrogens with zero attached hydrogens (tertiary/aromatic N) is 1. The Morgan fingerprint density at radius 1 is 1.77 bits per heavy atom. The molecule has 0 fully saturated rings. The average Bonchev–Trinajstić information content (AvgIpc) is 2.47. The highest BCUT2D eigenvalue weighted by atomic mass is 35.5. The van der Waals surface area contributed by atoms with Crippen LogP contribution in [0.5, 0.6) is 0 Å². The Bertz CT molecular complexity index is 343. The van der Waals surface area contributed by atoms with Crippen LogP contribution in [0.25, 0.3) is 0 Å². The van der Waals surface area contributed by atoms with Gasteiger partial charge in [0.1, 0.15) is 0 Å². The van der Waals surface area contributed by atoms with Crippen LogP contribution >= 0.6 is 23.4 Å². The molecule has 1 aliphatic rings. The molecule has 2 nitrogen and oxygen atoms in total. The predicted octanol–water partition coefficient (Wildman–Crippen LogP) is 1.88. The summed E-state index contributed by atoms with van der Waals surface area (Å²) in [6.45, 7) is 1.93. The van der Waals surface area contributed by atoms with Gasteiger partial charge < -0.3 is 5.21 Å². The van der Waals surface area contributed by atoms with E-state index in [2.05, 4.69) is 6.07 Å². The van der Waals surface area contributed by atoms with Crippen LogP contribution in [0.4, 0.5) is 0 Å². The van der Waals surface area contributed by atoms with Crippen molar-refractivity contribution in [1.29, 1.82) is 0 Å². The van der Waals surface area contributed by atoms with Crippen LogP contribution in [0.3, 0.4) is 0 Å². The number of alkyl halides is 1. The first kappa shape index (κ1) is 9.16. The molecule has 0 aromatic carbocycles. The van der Waals surface area contributed by atoms with E-state index in [1.54, 1.807) is 18.0 Å². The molecular formula is C9H10ClNOS. The molecule has 0 radical (unpaired) electrons. The molecule has 2 rings (SSSR count). The molecule has 1 atom stereocenters. The standard InChI is InChI=1S/C9H10ClNOS/c1-6-2-9-8(11(12)5-6)3-7(4-10)13-9/h2,5,7H,3-4H2,1H3. The summed E-state index contributed by atoms with van der Waals surface area (Å²) in [6.07, 6.45) is 2.42. The second-order valence-corrected chi connectivity index (χ2v) is 4.90. The van der Waals surface area contributed by atoms with Gasteiger partial charge in [-0.05, 0) is 13.0 Å². The van der Waals surface area contributed by atoms with Crippen LogP contribution in [0.15, 0.2) is 17.2 Å². The SMILES string of the molecule is Cc1cc2c([n+]([O-])c1)CC(CCl)S2. The Hall–Kier alpha value is -0.410. The number of aromatic nitrogens is 1. The quantitative estimate of drug-likeness (QED) is 0.406. The first-order chi connectivity index (χ1) is 6.20. The number of aryl methyl sites for hydroxylation is 1. The van der Waals surface area contributed by atoms with Crippen molar-refractivity contribution in [3.8, 4) is 0 Å². The molecule has 1 aromatic heterocycles. The van der Waals surface area contributed by atoms with Crippen molar-refractivity contribution < 1.29 is 4.73 Å². The summed E-state index contributed by atoms with van der Waals surface area (Å²) >= 11 is 7.47. The summed E-state index contributed by atoms with van der Waals surface area (Å²) in [5.74, 6) is 0.610. The molecule has 1 aliphatic heterocycles. The van der Waals surface area contributed by atoms with Crippen LogP contribution < -0.4 is 4.73 Å². The molecule has 0 aliphatic carbocycles. The van der Waals surface area contributed by atoms with E-state index >= 15 is 0 Å². The number of halogens is 1. The van der Waals surface area contributed by atoms with Gasteiger partial charge in [0.15, 0.2) is 6.20 Å². The lowest BCUT2D eigenvalue weighted by Gasteiger charge is -2.02. The highest BCUT2D eigenvalue weighted by molar-refractivity contribution is 8.00. The first-order valence-corrected chi connectivity index (χ1v) is 5.57. The van der Waals surface area contributed by atoms with Gasteiger partial charge >= 0.3 is 0 Å². The number of rotatable bonds is 1. The highest BCUT2D eigenvalue weighted by Gasteiger charge is 2.28. The Morgan fingerprint density at radius 3 is 3.23 bits per heavy atom. The molecule has 0 bridgehead atoms. The van der Waals surface area contributed by atoms with Gasteiger partial charge in [0.2, 0.25) is 5.69 Å². The van der Waals surface area contributed by atoms with Gasteiger partial charge in [-0.25, -0.2) is 0 Å². The van der Waals surface area contributed by atoms with Crippen molar-refractivity contribution in [1.82, 2.24) is 0 Å². The zero-order valence-corrected chi connectivity index (χ0v) is 8.86. The van der Waals surface area contributed by atoms with Crippen LogP contribution in [-0.2, 0) is 6.42 Å². The van der Waals surface area contributed by atoms with Crippen molar-refractivity contribution in [3.05, 3.63) is 28.7 Å². The highest BCUT2D eigenvalue weighted by Crippen LogP contribution is 2.35. The van der Waals surface area contributed by atoms with Gasteiger partial charge in [-0.2, -0.15) is 4.73 Å². The molecule has 1 unspecified atom stereocenters. The summed E-state index contributed by atoms with van der Waals surface area (Å²) in [6, 6.07) is 2.06. The fourth-order valence-corrected chi connectivity index (χ4v) is 3.04. The van der Waals surface area contributed by atoms with Gasteiger partial charge in [0, 0.05) is 23.1 Å². The third kappa shape index (κ3) is 1.63. The lowest BCUT2D eigenvalue weighted by atomic mass is 10.2. The second-order valence-electron chi connectivity index (χ2n) is 3.25. The van der Waals surface area contributed by atoms with Gasteiger partial charge in [0.25, 0.3) is 0 Å². The lowest BCUT2D eigenvalue weighted by molar-refractivity contribution is -0.616. The molecule has 4 heteroatoms. The maximum absolute atomic E-state index is 11.5. The van der Waals surface area contributed by atoms with Crippen molar-refractivity contribution in [2.45, 2.75) is 23.5 Å². The molecule has 13 heavy (non-hydrogen) atoms. The minimum absolute atomic E-state index is 0.374.